The van der Waals surface area contributed by atoms with Gasteiger partial charge < -0.3 is 39.3 Å². The zero-order valence-electron chi connectivity index (χ0n) is 25.8. The SMILES string of the molecule is CCC(C)COC(=O)Oc1ccc(C(CC(C)OC(=O)OCCC(C)C)[C@H](N)C(=O)O)cc1OC(=O)OCC(C)CC. The number of nitrogens with two attached hydrogens (primary N) is 1. The summed E-state index contributed by atoms with van der Waals surface area (Å²) >= 11 is 0. The zero-order valence-corrected chi connectivity index (χ0v) is 25.8. The lowest BCUT2D eigenvalue weighted by molar-refractivity contribution is -0.139. The number of carboxylic acid groups (broad SMARTS) is 1. The van der Waals surface area contributed by atoms with E-state index in [0.29, 0.717) is 17.9 Å². The monoisotopic (exact) mass is 597 g/mol. The molecule has 0 aromatic heterocycles. The van der Waals surface area contributed by atoms with E-state index in [4.69, 9.17) is 34.2 Å². The van der Waals surface area contributed by atoms with Crippen molar-refractivity contribution in [1.82, 2.24) is 0 Å². The molecule has 3 N–H and O–H groups in total. The third-order valence-corrected chi connectivity index (χ3v) is 6.66. The van der Waals surface area contributed by atoms with E-state index in [1.54, 1.807) is 6.92 Å². The minimum Gasteiger partial charge on any atom is -0.480 e. The number of rotatable bonds is 17. The number of carboxylic acids is 1. The number of carbonyl (C=O) groups excluding carboxylic acids is 3. The van der Waals surface area contributed by atoms with Gasteiger partial charge in [-0.1, -0.05) is 60.5 Å². The van der Waals surface area contributed by atoms with Gasteiger partial charge in [0.1, 0.15) is 12.1 Å². The largest absolute Gasteiger partial charge is 0.513 e. The van der Waals surface area contributed by atoms with Crippen LogP contribution in [0.3, 0.4) is 0 Å². The van der Waals surface area contributed by atoms with Gasteiger partial charge in [-0.25, -0.2) is 14.4 Å². The van der Waals surface area contributed by atoms with Crippen LogP contribution in [0, 0.1) is 17.8 Å². The molecule has 0 aliphatic heterocycles. The summed E-state index contributed by atoms with van der Waals surface area (Å²) in [6, 6.07) is 2.74. The Kier molecular flexibility index (Phi) is 16.3. The standard InChI is InChI=1S/C30H47NO11/c1-8-19(5)16-38-29(35)41-24-11-10-22(15-25(24)42-30(36)39-17-20(6)9-2)23(26(31)27(32)33)14-21(7)40-28(34)37-13-12-18(3)4/h10-11,15,18-21,23,26H,8-9,12-14,16-17,31H2,1-7H3,(H,32,33)/t19?,20?,21?,23?,26-/m0/s1. The summed E-state index contributed by atoms with van der Waals surface area (Å²) < 4.78 is 31.4. The molecule has 0 saturated carbocycles. The summed E-state index contributed by atoms with van der Waals surface area (Å²) in [4.78, 5) is 48.8. The van der Waals surface area contributed by atoms with Gasteiger partial charge in [0, 0.05) is 5.92 Å². The maximum Gasteiger partial charge on any atom is 0.513 e. The van der Waals surface area contributed by atoms with Crippen molar-refractivity contribution in [2.75, 3.05) is 19.8 Å². The van der Waals surface area contributed by atoms with Crippen molar-refractivity contribution in [1.29, 1.82) is 0 Å². The van der Waals surface area contributed by atoms with Gasteiger partial charge in [0.25, 0.3) is 0 Å². The fourth-order valence-corrected chi connectivity index (χ4v) is 3.46. The van der Waals surface area contributed by atoms with Gasteiger partial charge in [-0.15, -0.1) is 0 Å². The maximum atomic E-state index is 12.5. The van der Waals surface area contributed by atoms with E-state index in [9.17, 15) is 24.3 Å². The lowest BCUT2D eigenvalue weighted by atomic mass is 9.87. The van der Waals surface area contributed by atoms with Crippen molar-refractivity contribution in [3.05, 3.63) is 23.8 Å². The molecule has 0 bridgehead atoms. The summed E-state index contributed by atoms with van der Waals surface area (Å²) in [5.41, 5.74) is 6.36. The molecule has 5 atom stereocenters. The number of hydrogen-bond donors (Lipinski definition) is 2. The van der Waals surface area contributed by atoms with Gasteiger partial charge in [0.05, 0.1) is 19.8 Å². The van der Waals surface area contributed by atoms with Gasteiger partial charge in [0.2, 0.25) is 0 Å². The topological polar surface area (TPSA) is 170 Å². The summed E-state index contributed by atoms with van der Waals surface area (Å²) in [7, 11) is 0. The Hall–Kier alpha value is -3.54. The van der Waals surface area contributed by atoms with Gasteiger partial charge in [0.15, 0.2) is 11.5 Å². The molecule has 0 amide bonds. The Balaban J connectivity index is 3.23. The fourth-order valence-electron chi connectivity index (χ4n) is 3.46. The molecular weight excluding hydrogens is 550 g/mol. The highest BCUT2D eigenvalue weighted by atomic mass is 16.7. The number of hydrogen-bond acceptors (Lipinski definition) is 11. The number of aliphatic carboxylic acids is 1. The molecule has 0 saturated heterocycles. The van der Waals surface area contributed by atoms with E-state index < -0.39 is 42.5 Å². The Morgan fingerprint density at radius 3 is 1.86 bits per heavy atom. The number of benzene rings is 1. The van der Waals surface area contributed by atoms with Crippen molar-refractivity contribution in [2.24, 2.45) is 23.5 Å². The van der Waals surface area contributed by atoms with E-state index in [0.717, 1.165) is 12.8 Å². The van der Waals surface area contributed by atoms with E-state index in [1.165, 1.54) is 18.2 Å². The first-order valence-electron chi connectivity index (χ1n) is 14.4. The average molecular weight is 598 g/mol. The molecule has 12 nitrogen and oxygen atoms in total. The van der Waals surface area contributed by atoms with E-state index >= 15 is 0 Å². The Bertz CT molecular complexity index is 1010. The van der Waals surface area contributed by atoms with E-state index in [2.05, 4.69) is 0 Å². The molecule has 0 heterocycles. The molecule has 238 valence electrons. The molecule has 0 aliphatic rings. The Morgan fingerprint density at radius 2 is 1.36 bits per heavy atom. The third-order valence-electron chi connectivity index (χ3n) is 6.66. The molecule has 0 aliphatic carbocycles. The molecule has 1 aromatic rings. The fraction of sp³-hybridized carbons (Fsp3) is 0.667. The van der Waals surface area contributed by atoms with Crippen molar-refractivity contribution in [2.45, 2.75) is 92.2 Å². The highest BCUT2D eigenvalue weighted by Gasteiger charge is 2.30. The quantitative estimate of drug-likeness (QED) is 0.117. The molecule has 0 fully saturated rings. The normalized spacial score (nSPS) is 14.6. The number of ether oxygens (including phenoxy) is 6. The van der Waals surface area contributed by atoms with Crippen LogP contribution in [0.25, 0.3) is 0 Å². The van der Waals surface area contributed by atoms with Crippen LogP contribution >= 0.6 is 0 Å². The highest BCUT2D eigenvalue weighted by Crippen LogP contribution is 2.35. The molecule has 42 heavy (non-hydrogen) atoms. The smallest absolute Gasteiger partial charge is 0.480 e. The second kappa shape index (κ2) is 18.8. The predicted octanol–water partition coefficient (Wildman–Crippen LogP) is 6.28. The molecule has 0 spiro atoms. The average Bonchev–Trinajstić information content (AvgIpc) is 2.93. The van der Waals surface area contributed by atoms with Crippen LogP contribution in [-0.4, -0.2) is 61.5 Å². The van der Waals surface area contributed by atoms with E-state index in [1.807, 2.05) is 41.5 Å². The first kappa shape index (κ1) is 36.5. The molecule has 4 unspecified atom stereocenters. The minimum atomic E-state index is -1.41. The molecule has 12 heteroatoms. The van der Waals surface area contributed by atoms with Crippen molar-refractivity contribution in [3.8, 4) is 11.5 Å². The maximum absolute atomic E-state index is 12.5. The summed E-state index contributed by atoms with van der Waals surface area (Å²) in [5.74, 6) is -2.00. The summed E-state index contributed by atoms with van der Waals surface area (Å²) in [5, 5.41) is 9.69. The van der Waals surface area contributed by atoms with Crippen LogP contribution in [0.4, 0.5) is 14.4 Å². The number of carbonyl (C=O) groups is 4. The van der Waals surface area contributed by atoms with Crippen LogP contribution in [-0.2, 0) is 23.7 Å². The zero-order chi connectivity index (χ0) is 31.8. The lowest BCUT2D eigenvalue weighted by Crippen LogP contribution is -2.38. The third kappa shape index (κ3) is 13.9. The van der Waals surface area contributed by atoms with Crippen molar-refractivity contribution < 1.29 is 52.7 Å². The Labute approximate surface area is 248 Å². The highest BCUT2D eigenvalue weighted by molar-refractivity contribution is 5.75. The summed E-state index contributed by atoms with van der Waals surface area (Å²) in [6.45, 7) is 13.7. The first-order valence-corrected chi connectivity index (χ1v) is 14.4. The predicted molar refractivity (Wildman–Crippen MR) is 154 cm³/mol. The summed E-state index contributed by atoms with van der Waals surface area (Å²) in [6.07, 6.45) is -1.45. The van der Waals surface area contributed by atoms with Gasteiger partial charge in [-0.3, -0.25) is 4.79 Å². The minimum absolute atomic E-state index is 0.00179. The van der Waals surface area contributed by atoms with Crippen LogP contribution < -0.4 is 15.2 Å². The second-order valence-electron chi connectivity index (χ2n) is 11.0. The van der Waals surface area contributed by atoms with Crippen LogP contribution in [0.5, 0.6) is 11.5 Å². The van der Waals surface area contributed by atoms with Crippen LogP contribution in [0.15, 0.2) is 18.2 Å². The molecule has 0 radical (unpaired) electrons. The first-order chi connectivity index (χ1) is 19.8. The van der Waals surface area contributed by atoms with E-state index in [-0.39, 0.29) is 49.6 Å². The Morgan fingerprint density at radius 1 is 0.810 bits per heavy atom. The lowest BCUT2D eigenvalue weighted by Gasteiger charge is -2.25. The van der Waals surface area contributed by atoms with Gasteiger partial charge in [-0.2, -0.15) is 0 Å². The molecular formula is C30H47NO11. The van der Waals surface area contributed by atoms with Crippen molar-refractivity contribution in [3.63, 3.8) is 0 Å². The van der Waals surface area contributed by atoms with Gasteiger partial charge in [-0.05, 0) is 55.2 Å². The van der Waals surface area contributed by atoms with Crippen LogP contribution in [0.1, 0.15) is 85.6 Å². The molecule has 1 aromatic carbocycles. The second-order valence-corrected chi connectivity index (χ2v) is 11.0. The molecule has 1 rings (SSSR count). The van der Waals surface area contributed by atoms with Gasteiger partial charge >= 0.3 is 24.4 Å². The van der Waals surface area contributed by atoms with Crippen LogP contribution in [0.2, 0.25) is 0 Å². The van der Waals surface area contributed by atoms with Crippen molar-refractivity contribution >= 4 is 24.4 Å².